The Kier molecular flexibility index (Phi) is 9.15. The van der Waals surface area contributed by atoms with E-state index in [1.54, 1.807) is 14.2 Å². The third-order valence-corrected chi connectivity index (χ3v) is 3.09. The van der Waals surface area contributed by atoms with Gasteiger partial charge in [-0.1, -0.05) is 6.07 Å². The minimum Gasteiger partial charge on any atom is -0.383 e. The molecule has 0 atom stereocenters. The van der Waals surface area contributed by atoms with E-state index in [1.807, 2.05) is 24.4 Å². The van der Waals surface area contributed by atoms with Crippen LogP contribution < -0.4 is 10.6 Å². The highest BCUT2D eigenvalue weighted by Gasteiger charge is 2.00. The average molecular weight is 293 g/mol. The van der Waals surface area contributed by atoms with Crippen molar-refractivity contribution < 1.29 is 4.74 Å². The lowest BCUT2D eigenvalue weighted by molar-refractivity contribution is 0.162. The standard InChI is InChI=1S/C15H27N5O/c1-16-15(19-10-11-20(2)12-13-21-3)18-9-7-14-6-4-5-8-17-14/h4-6,8H,7,9-13H2,1-3H3,(H2,16,18,19). The summed E-state index contributed by atoms with van der Waals surface area (Å²) in [4.78, 5) is 10.7. The molecule has 1 rings (SSSR count). The van der Waals surface area contributed by atoms with Crippen LogP contribution in [0.4, 0.5) is 0 Å². The monoisotopic (exact) mass is 293 g/mol. The van der Waals surface area contributed by atoms with Crippen molar-refractivity contribution in [2.24, 2.45) is 4.99 Å². The van der Waals surface area contributed by atoms with Gasteiger partial charge in [-0.15, -0.1) is 0 Å². The molecule has 21 heavy (non-hydrogen) atoms. The summed E-state index contributed by atoms with van der Waals surface area (Å²) >= 11 is 0. The molecule has 0 unspecified atom stereocenters. The Hall–Kier alpha value is -1.66. The number of methoxy groups -OCH3 is 1. The van der Waals surface area contributed by atoms with Gasteiger partial charge in [-0.05, 0) is 19.2 Å². The first-order valence-corrected chi connectivity index (χ1v) is 7.28. The fraction of sp³-hybridized carbons (Fsp3) is 0.600. The summed E-state index contributed by atoms with van der Waals surface area (Å²) in [6, 6.07) is 5.96. The van der Waals surface area contributed by atoms with Crippen LogP contribution in [0.25, 0.3) is 0 Å². The number of guanidine groups is 1. The molecule has 0 saturated carbocycles. The Morgan fingerprint density at radius 2 is 2.10 bits per heavy atom. The normalized spacial score (nSPS) is 11.7. The van der Waals surface area contributed by atoms with E-state index in [0.29, 0.717) is 0 Å². The predicted octanol–water partition coefficient (Wildman–Crippen LogP) is 0.367. The quantitative estimate of drug-likeness (QED) is 0.509. The Labute approximate surface area is 127 Å². The first-order valence-electron chi connectivity index (χ1n) is 7.28. The van der Waals surface area contributed by atoms with Crippen LogP contribution in [0.3, 0.4) is 0 Å². The highest BCUT2D eigenvalue weighted by atomic mass is 16.5. The van der Waals surface area contributed by atoms with Gasteiger partial charge in [0.15, 0.2) is 5.96 Å². The molecule has 2 N–H and O–H groups in total. The fourth-order valence-corrected chi connectivity index (χ4v) is 1.80. The lowest BCUT2D eigenvalue weighted by atomic mass is 10.3. The van der Waals surface area contributed by atoms with Crippen molar-refractivity contribution in [2.75, 3.05) is 54.0 Å². The largest absolute Gasteiger partial charge is 0.383 e. The second-order valence-corrected chi connectivity index (χ2v) is 4.79. The summed E-state index contributed by atoms with van der Waals surface area (Å²) in [6.07, 6.45) is 2.70. The van der Waals surface area contributed by atoms with Gasteiger partial charge in [0, 0.05) is 58.6 Å². The van der Waals surface area contributed by atoms with E-state index in [2.05, 4.69) is 32.6 Å². The van der Waals surface area contributed by atoms with E-state index in [-0.39, 0.29) is 0 Å². The zero-order valence-corrected chi connectivity index (χ0v) is 13.3. The fourth-order valence-electron chi connectivity index (χ4n) is 1.80. The summed E-state index contributed by atoms with van der Waals surface area (Å²) in [5.74, 6) is 0.825. The van der Waals surface area contributed by atoms with Gasteiger partial charge in [0.2, 0.25) is 0 Å². The second-order valence-electron chi connectivity index (χ2n) is 4.79. The van der Waals surface area contributed by atoms with Gasteiger partial charge in [-0.25, -0.2) is 0 Å². The number of likely N-dealkylation sites (N-methyl/N-ethyl adjacent to an activating group) is 1. The zero-order chi connectivity index (χ0) is 15.3. The second kappa shape index (κ2) is 11.0. The van der Waals surface area contributed by atoms with E-state index in [1.165, 1.54) is 0 Å². The van der Waals surface area contributed by atoms with E-state index < -0.39 is 0 Å². The van der Waals surface area contributed by atoms with Gasteiger partial charge >= 0.3 is 0 Å². The molecule has 0 aliphatic heterocycles. The van der Waals surface area contributed by atoms with Crippen molar-refractivity contribution in [3.63, 3.8) is 0 Å². The number of rotatable bonds is 9. The molecule has 1 aromatic heterocycles. The number of nitrogens with one attached hydrogen (secondary N) is 2. The lowest BCUT2D eigenvalue weighted by Gasteiger charge is -2.17. The van der Waals surface area contributed by atoms with Crippen molar-refractivity contribution in [1.29, 1.82) is 0 Å². The van der Waals surface area contributed by atoms with E-state index >= 15 is 0 Å². The molecule has 0 amide bonds. The van der Waals surface area contributed by atoms with Crippen LogP contribution >= 0.6 is 0 Å². The summed E-state index contributed by atoms with van der Waals surface area (Å²) in [6.45, 7) is 4.31. The molecule has 1 aromatic rings. The van der Waals surface area contributed by atoms with Gasteiger partial charge in [0.05, 0.1) is 6.61 Å². The van der Waals surface area contributed by atoms with Gasteiger partial charge < -0.3 is 20.3 Å². The van der Waals surface area contributed by atoms with E-state index in [9.17, 15) is 0 Å². The van der Waals surface area contributed by atoms with Crippen LogP contribution in [-0.2, 0) is 11.2 Å². The molecular formula is C15H27N5O. The van der Waals surface area contributed by atoms with Crippen LogP contribution in [0, 0.1) is 0 Å². The third kappa shape index (κ3) is 8.27. The molecule has 6 heteroatoms. The number of hydrogen-bond donors (Lipinski definition) is 2. The maximum absolute atomic E-state index is 5.05. The Morgan fingerprint density at radius 1 is 1.29 bits per heavy atom. The van der Waals surface area contributed by atoms with Crippen LogP contribution in [0.15, 0.2) is 29.4 Å². The Bertz CT molecular complexity index is 396. The molecule has 0 spiro atoms. The molecule has 0 aliphatic carbocycles. The number of ether oxygens (including phenoxy) is 1. The van der Waals surface area contributed by atoms with Crippen molar-refractivity contribution >= 4 is 5.96 Å². The third-order valence-electron chi connectivity index (χ3n) is 3.09. The van der Waals surface area contributed by atoms with Crippen molar-refractivity contribution in [1.82, 2.24) is 20.5 Å². The van der Waals surface area contributed by atoms with Crippen LogP contribution in [0.2, 0.25) is 0 Å². The molecule has 6 nitrogen and oxygen atoms in total. The van der Waals surface area contributed by atoms with Crippen molar-refractivity contribution in [2.45, 2.75) is 6.42 Å². The van der Waals surface area contributed by atoms with Crippen LogP contribution in [0.1, 0.15) is 5.69 Å². The number of nitrogens with zero attached hydrogens (tertiary/aromatic N) is 3. The zero-order valence-electron chi connectivity index (χ0n) is 13.3. The topological polar surface area (TPSA) is 61.8 Å². The summed E-state index contributed by atoms with van der Waals surface area (Å²) in [5, 5.41) is 6.59. The molecule has 0 bridgehead atoms. The lowest BCUT2D eigenvalue weighted by Crippen LogP contribution is -2.42. The van der Waals surface area contributed by atoms with Gasteiger partial charge in [-0.3, -0.25) is 9.98 Å². The predicted molar refractivity (Wildman–Crippen MR) is 86.7 cm³/mol. The highest BCUT2D eigenvalue weighted by molar-refractivity contribution is 5.79. The first-order chi connectivity index (χ1) is 10.3. The number of hydrogen-bond acceptors (Lipinski definition) is 4. The maximum atomic E-state index is 5.05. The minimum atomic E-state index is 0.757. The van der Waals surface area contributed by atoms with Gasteiger partial charge in [-0.2, -0.15) is 0 Å². The summed E-state index contributed by atoms with van der Waals surface area (Å²) in [5.41, 5.74) is 1.08. The van der Waals surface area contributed by atoms with Crippen molar-refractivity contribution in [3.8, 4) is 0 Å². The molecule has 0 saturated heterocycles. The van der Waals surface area contributed by atoms with Gasteiger partial charge in [0.1, 0.15) is 0 Å². The number of pyridine rings is 1. The van der Waals surface area contributed by atoms with Crippen LogP contribution in [-0.4, -0.2) is 69.8 Å². The first kappa shape index (κ1) is 17.4. The highest BCUT2D eigenvalue weighted by Crippen LogP contribution is 1.92. The Balaban J connectivity index is 2.14. The van der Waals surface area contributed by atoms with E-state index in [0.717, 1.165) is 50.9 Å². The molecule has 0 aliphatic rings. The summed E-state index contributed by atoms with van der Waals surface area (Å²) < 4.78 is 5.05. The Morgan fingerprint density at radius 3 is 2.76 bits per heavy atom. The average Bonchev–Trinajstić information content (AvgIpc) is 2.52. The molecular weight excluding hydrogens is 266 g/mol. The molecule has 0 aromatic carbocycles. The molecule has 0 radical (unpaired) electrons. The SMILES string of the molecule is CN=C(NCCc1ccccn1)NCCN(C)CCOC. The molecule has 1 heterocycles. The molecule has 0 fully saturated rings. The van der Waals surface area contributed by atoms with Gasteiger partial charge in [0.25, 0.3) is 0 Å². The van der Waals surface area contributed by atoms with Crippen molar-refractivity contribution in [3.05, 3.63) is 30.1 Å². The minimum absolute atomic E-state index is 0.757. The number of aromatic nitrogens is 1. The summed E-state index contributed by atoms with van der Waals surface area (Å²) in [7, 11) is 5.59. The maximum Gasteiger partial charge on any atom is 0.191 e. The smallest absolute Gasteiger partial charge is 0.191 e. The van der Waals surface area contributed by atoms with E-state index in [4.69, 9.17) is 4.74 Å². The molecule has 118 valence electrons. The van der Waals surface area contributed by atoms with Crippen LogP contribution in [0.5, 0.6) is 0 Å². The number of aliphatic imine (C=N–C) groups is 1.